The Kier molecular flexibility index (Phi) is 5.71. The molecule has 0 radical (unpaired) electrons. The van der Waals surface area contributed by atoms with Gasteiger partial charge in [-0.1, -0.05) is 19.8 Å². The Bertz CT molecular complexity index is 996. The van der Waals surface area contributed by atoms with Gasteiger partial charge in [-0.25, -0.2) is 8.42 Å². The number of aryl methyl sites for hydroxylation is 1. The lowest BCUT2D eigenvalue weighted by Crippen LogP contribution is -2.38. The van der Waals surface area contributed by atoms with Crippen molar-refractivity contribution < 1.29 is 13.2 Å². The van der Waals surface area contributed by atoms with E-state index in [0.29, 0.717) is 29.6 Å². The smallest absolute Gasteiger partial charge is 0.270 e. The molecule has 29 heavy (non-hydrogen) atoms. The number of benzene rings is 1. The van der Waals surface area contributed by atoms with Crippen molar-refractivity contribution in [3.05, 3.63) is 30.0 Å². The topological polar surface area (TPSA) is 62.6 Å². The second-order valence-electron chi connectivity index (χ2n) is 8.60. The molecule has 0 bridgehead atoms. The van der Waals surface area contributed by atoms with E-state index in [1.807, 2.05) is 28.6 Å². The van der Waals surface area contributed by atoms with E-state index in [9.17, 15) is 13.2 Å². The summed E-state index contributed by atoms with van der Waals surface area (Å²) >= 11 is 0. The Morgan fingerprint density at radius 2 is 1.62 bits per heavy atom. The van der Waals surface area contributed by atoms with Gasteiger partial charge in [-0.3, -0.25) is 4.79 Å². The number of fused-ring (bicyclic) bond motifs is 1. The van der Waals surface area contributed by atoms with Crippen LogP contribution in [-0.2, 0) is 17.1 Å². The molecule has 1 aromatic heterocycles. The normalized spacial score (nSPS) is 20.1. The van der Waals surface area contributed by atoms with Crippen molar-refractivity contribution in [2.24, 2.45) is 13.0 Å². The van der Waals surface area contributed by atoms with E-state index < -0.39 is 10.0 Å². The largest absolute Gasteiger partial charge is 0.340 e. The maximum Gasteiger partial charge on any atom is 0.270 e. The van der Waals surface area contributed by atoms with Crippen molar-refractivity contribution in [1.29, 1.82) is 0 Å². The highest BCUT2D eigenvalue weighted by molar-refractivity contribution is 7.89. The summed E-state index contributed by atoms with van der Waals surface area (Å²) in [6.07, 6.45) is 6.08. The number of aromatic nitrogens is 1. The van der Waals surface area contributed by atoms with Gasteiger partial charge in [0.05, 0.1) is 4.90 Å². The SMILES string of the molecule is CC1CCN(C(=O)c2cc3cc(S(=O)(=O)N4CCCCCC4)ccc3n2C)CC1. The fraction of sp³-hybridized carbons (Fsp3) is 0.591. The van der Waals surface area contributed by atoms with Crippen molar-refractivity contribution in [1.82, 2.24) is 13.8 Å². The third-order valence-corrected chi connectivity index (χ3v) is 8.40. The molecular formula is C22H31N3O3S. The van der Waals surface area contributed by atoms with E-state index in [-0.39, 0.29) is 5.91 Å². The van der Waals surface area contributed by atoms with Crippen LogP contribution in [-0.4, -0.2) is 54.3 Å². The minimum atomic E-state index is -3.50. The standard InChI is InChI=1S/C22H31N3O3S/c1-17-9-13-24(14-10-17)22(26)21-16-18-15-19(7-8-20(18)23(21)2)29(27,28)25-11-5-3-4-6-12-25/h7-8,15-17H,3-6,9-14H2,1-2H3. The number of piperidine rings is 1. The van der Waals surface area contributed by atoms with Crippen LogP contribution < -0.4 is 0 Å². The zero-order valence-electron chi connectivity index (χ0n) is 17.4. The van der Waals surface area contributed by atoms with Gasteiger partial charge >= 0.3 is 0 Å². The number of rotatable bonds is 3. The molecule has 0 N–H and O–H groups in total. The molecule has 158 valence electrons. The molecule has 0 saturated carbocycles. The molecule has 3 heterocycles. The van der Waals surface area contributed by atoms with Gasteiger partial charge in [0.25, 0.3) is 5.91 Å². The van der Waals surface area contributed by atoms with Crippen LogP contribution in [0.1, 0.15) is 55.9 Å². The zero-order valence-corrected chi connectivity index (χ0v) is 18.2. The molecule has 2 fully saturated rings. The van der Waals surface area contributed by atoms with Gasteiger partial charge in [-0.15, -0.1) is 0 Å². The van der Waals surface area contributed by atoms with Crippen LogP contribution in [0.4, 0.5) is 0 Å². The van der Waals surface area contributed by atoms with E-state index in [0.717, 1.165) is 62.5 Å². The maximum absolute atomic E-state index is 13.1. The van der Waals surface area contributed by atoms with E-state index in [1.165, 1.54) is 0 Å². The number of likely N-dealkylation sites (tertiary alicyclic amines) is 1. The Balaban J connectivity index is 1.64. The first-order chi connectivity index (χ1) is 13.9. The van der Waals surface area contributed by atoms with Crippen LogP contribution >= 0.6 is 0 Å². The Labute approximate surface area is 173 Å². The second kappa shape index (κ2) is 8.11. The summed E-state index contributed by atoms with van der Waals surface area (Å²) < 4.78 is 29.8. The summed E-state index contributed by atoms with van der Waals surface area (Å²) in [5.74, 6) is 0.700. The fourth-order valence-electron chi connectivity index (χ4n) is 4.50. The first-order valence-electron chi connectivity index (χ1n) is 10.8. The van der Waals surface area contributed by atoms with Gasteiger partial charge < -0.3 is 9.47 Å². The Morgan fingerprint density at radius 3 is 2.28 bits per heavy atom. The summed E-state index contributed by atoms with van der Waals surface area (Å²) in [5, 5.41) is 0.803. The molecule has 2 aliphatic heterocycles. The molecule has 2 aliphatic rings. The molecule has 1 aromatic carbocycles. The maximum atomic E-state index is 13.1. The first kappa shape index (κ1) is 20.4. The van der Waals surface area contributed by atoms with E-state index in [1.54, 1.807) is 16.4 Å². The highest BCUT2D eigenvalue weighted by Crippen LogP contribution is 2.27. The van der Waals surface area contributed by atoms with Gasteiger partial charge in [0, 0.05) is 44.1 Å². The van der Waals surface area contributed by atoms with Crippen LogP contribution in [0.5, 0.6) is 0 Å². The Hall–Kier alpha value is -1.86. The number of nitrogens with zero attached hydrogens (tertiary/aromatic N) is 3. The minimum absolute atomic E-state index is 0.0347. The van der Waals surface area contributed by atoms with Crippen LogP contribution in [0.25, 0.3) is 10.9 Å². The first-order valence-corrected chi connectivity index (χ1v) is 12.2. The Morgan fingerprint density at radius 1 is 0.966 bits per heavy atom. The van der Waals surface area contributed by atoms with Gasteiger partial charge in [0.1, 0.15) is 5.69 Å². The van der Waals surface area contributed by atoms with Crippen LogP contribution in [0.2, 0.25) is 0 Å². The molecule has 7 heteroatoms. The molecule has 4 rings (SSSR count). The highest BCUT2D eigenvalue weighted by Gasteiger charge is 2.27. The summed E-state index contributed by atoms with van der Waals surface area (Å²) in [5.41, 5.74) is 1.51. The molecule has 1 amide bonds. The molecular weight excluding hydrogens is 386 g/mol. The van der Waals surface area contributed by atoms with Crippen molar-refractivity contribution >= 4 is 26.8 Å². The van der Waals surface area contributed by atoms with Gasteiger partial charge in [0.2, 0.25) is 10.0 Å². The molecule has 0 aliphatic carbocycles. The number of carbonyl (C=O) groups excluding carboxylic acids is 1. The quantitative estimate of drug-likeness (QED) is 0.766. The zero-order chi connectivity index (χ0) is 20.6. The van der Waals surface area contributed by atoms with E-state index in [4.69, 9.17) is 0 Å². The number of carbonyl (C=O) groups is 1. The minimum Gasteiger partial charge on any atom is -0.340 e. The van der Waals surface area contributed by atoms with E-state index >= 15 is 0 Å². The van der Waals surface area contributed by atoms with Crippen LogP contribution in [0.3, 0.4) is 0 Å². The predicted molar refractivity (Wildman–Crippen MR) is 114 cm³/mol. The monoisotopic (exact) mass is 417 g/mol. The van der Waals surface area contributed by atoms with Crippen molar-refractivity contribution in [3.63, 3.8) is 0 Å². The van der Waals surface area contributed by atoms with Crippen LogP contribution in [0.15, 0.2) is 29.2 Å². The summed E-state index contributed by atoms with van der Waals surface area (Å²) in [4.78, 5) is 15.3. The van der Waals surface area contributed by atoms with Crippen LogP contribution in [0, 0.1) is 5.92 Å². The number of hydrogen-bond acceptors (Lipinski definition) is 3. The van der Waals surface area contributed by atoms with E-state index in [2.05, 4.69) is 6.92 Å². The second-order valence-corrected chi connectivity index (χ2v) is 10.5. The van der Waals surface area contributed by atoms with Crippen molar-refractivity contribution in [2.75, 3.05) is 26.2 Å². The fourth-order valence-corrected chi connectivity index (χ4v) is 6.05. The number of hydrogen-bond donors (Lipinski definition) is 0. The predicted octanol–water partition coefficient (Wildman–Crippen LogP) is 3.62. The summed E-state index contributed by atoms with van der Waals surface area (Å²) in [6.45, 7) is 4.98. The van der Waals surface area contributed by atoms with Gasteiger partial charge in [-0.05, 0) is 55.9 Å². The molecule has 0 spiro atoms. The average Bonchev–Trinajstić information content (AvgIpc) is 2.89. The lowest BCUT2D eigenvalue weighted by molar-refractivity contribution is 0.0688. The van der Waals surface area contributed by atoms with Crippen molar-refractivity contribution in [2.45, 2.75) is 50.3 Å². The highest BCUT2D eigenvalue weighted by atomic mass is 32.2. The lowest BCUT2D eigenvalue weighted by Gasteiger charge is -2.30. The number of sulfonamides is 1. The van der Waals surface area contributed by atoms with Gasteiger partial charge in [-0.2, -0.15) is 4.31 Å². The molecule has 0 atom stereocenters. The number of amides is 1. The molecule has 2 aromatic rings. The third kappa shape index (κ3) is 3.94. The lowest BCUT2D eigenvalue weighted by atomic mass is 9.99. The molecule has 6 nitrogen and oxygen atoms in total. The van der Waals surface area contributed by atoms with Gasteiger partial charge in [0.15, 0.2) is 0 Å². The summed E-state index contributed by atoms with van der Waals surface area (Å²) in [6, 6.07) is 7.08. The third-order valence-electron chi connectivity index (χ3n) is 6.51. The summed E-state index contributed by atoms with van der Waals surface area (Å²) in [7, 11) is -1.62. The molecule has 2 saturated heterocycles. The molecule has 0 unspecified atom stereocenters. The average molecular weight is 418 g/mol. The van der Waals surface area contributed by atoms with Crippen molar-refractivity contribution in [3.8, 4) is 0 Å².